The molecule has 0 unspecified atom stereocenters. The van der Waals surface area contributed by atoms with E-state index in [1.54, 1.807) is 0 Å². The predicted molar refractivity (Wildman–Crippen MR) is 327 cm³/mol. The van der Waals surface area contributed by atoms with Gasteiger partial charge in [-0.25, -0.2) is 0 Å². The molecule has 1 N–H and O–H groups in total. The van der Waals surface area contributed by atoms with Gasteiger partial charge in [0.1, 0.15) is 0 Å². The van der Waals surface area contributed by atoms with Crippen molar-refractivity contribution < 1.29 is 0 Å². The first-order chi connectivity index (χ1) is 38.0. The minimum atomic E-state index is 0.888. The van der Waals surface area contributed by atoms with Crippen LogP contribution in [-0.2, 0) is 0 Å². The smallest absolute Gasteiger partial charge is 0.0697 e. The monoisotopic (exact) mass is 985 g/mol. The third kappa shape index (κ3) is 9.11. The van der Waals surface area contributed by atoms with Gasteiger partial charge in [0.2, 0.25) is 0 Å². The number of allylic oxidation sites excluding steroid dienone is 6. The molecule has 12 rings (SSSR count). The largest absolute Gasteiger partial charge is 0.358 e. The molecule has 10 aromatic rings. The van der Waals surface area contributed by atoms with E-state index in [1.807, 2.05) is 19.1 Å². The molecular formula is C74H55N3. The van der Waals surface area contributed by atoms with Crippen LogP contribution < -0.4 is 25.6 Å². The van der Waals surface area contributed by atoms with Crippen LogP contribution in [0.2, 0.25) is 0 Å². The minimum absolute atomic E-state index is 0.888. The Labute approximate surface area is 452 Å². The summed E-state index contributed by atoms with van der Waals surface area (Å²) in [5, 5.41) is 8.22. The fourth-order valence-corrected chi connectivity index (χ4v) is 11.1. The van der Waals surface area contributed by atoms with Gasteiger partial charge in [-0.1, -0.05) is 207 Å². The molecule has 77 heavy (non-hydrogen) atoms. The highest BCUT2D eigenvalue weighted by Crippen LogP contribution is 2.44. The fourth-order valence-electron chi connectivity index (χ4n) is 11.1. The van der Waals surface area contributed by atoms with E-state index < -0.39 is 0 Å². The minimum Gasteiger partial charge on any atom is -0.358 e. The number of benzene rings is 9. The predicted octanol–water partition coefficient (Wildman–Crippen LogP) is 18.0. The van der Waals surface area contributed by atoms with Crippen LogP contribution in [-0.4, -0.2) is 0 Å². The maximum absolute atomic E-state index is 4.60. The quantitative estimate of drug-likeness (QED) is 0.123. The lowest BCUT2D eigenvalue weighted by molar-refractivity contribution is 1.17. The van der Waals surface area contributed by atoms with Crippen LogP contribution in [0.5, 0.6) is 0 Å². The van der Waals surface area contributed by atoms with Crippen LogP contribution >= 0.6 is 0 Å². The molecule has 1 heterocycles. The summed E-state index contributed by atoms with van der Waals surface area (Å²) in [6, 6.07) is 84.3. The summed E-state index contributed by atoms with van der Waals surface area (Å²) in [6.07, 6.45) is 15.1. The number of rotatable bonds is 12. The summed E-state index contributed by atoms with van der Waals surface area (Å²) in [6.45, 7) is 10.9. The summed E-state index contributed by atoms with van der Waals surface area (Å²) in [4.78, 5) is 4.56. The second-order valence-electron chi connectivity index (χ2n) is 19.3. The Balaban J connectivity index is 1.01. The van der Waals surface area contributed by atoms with Gasteiger partial charge in [-0.2, -0.15) is 0 Å². The van der Waals surface area contributed by atoms with Gasteiger partial charge in [-0.05, 0) is 164 Å². The van der Waals surface area contributed by atoms with Gasteiger partial charge in [0.15, 0.2) is 0 Å². The Morgan fingerprint density at radius 1 is 0.584 bits per heavy atom. The summed E-state index contributed by atoms with van der Waals surface area (Å²) in [7, 11) is 0. The zero-order chi connectivity index (χ0) is 52.2. The topological polar surface area (TPSA) is 18.5 Å². The highest BCUT2D eigenvalue weighted by Gasteiger charge is 2.25. The van der Waals surface area contributed by atoms with E-state index in [2.05, 4.69) is 302 Å². The lowest BCUT2D eigenvalue weighted by atomic mass is 9.86. The first-order valence-corrected chi connectivity index (χ1v) is 26.2. The molecule has 0 radical (unpaired) electrons. The van der Waals surface area contributed by atoms with Crippen molar-refractivity contribution in [1.29, 1.82) is 0 Å². The first kappa shape index (κ1) is 47.9. The van der Waals surface area contributed by atoms with Crippen LogP contribution in [0.1, 0.15) is 30.5 Å². The van der Waals surface area contributed by atoms with Crippen LogP contribution in [0.3, 0.4) is 0 Å². The van der Waals surface area contributed by atoms with Crippen LogP contribution in [0.25, 0.3) is 78.4 Å². The van der Waals surface area contributed by atoms with Crippen molar-refractivity contribution >= 4 is 62.3 Å². The van der Waals surface area contributed by atoms with Crippen molar-refractivity contribution in [2.24, 2.45) is 0 Å². The number of aryl methyl sites for hydroxylation is 1. The van der Waals surface area contributed by atoms with Gasteiger partial charge in [0, 0.05) is 40.1 Å². The molecule has 3 heteroatoms. The SMILES string of the molecule is C=C(C(/C=C\C)=C/C)N(c1cc#ccc1)c1ccc(-c2ccccc2-c2ccc3c(-c4ccccc4)c4c(c(-c5ccccc5)c3c2)=CC=C(c2ccc3c(c2)NC=C(c2ccccc2)N3c2ccccc2)C=C=4)cc1C. The number of nitrogens with zero attached hydrogens (tertiary/aromatic N) is 2. The van der Waals surface area contributed by atoms with Crippen molar-refractivity contribution in [3.05, 3.63) is 312 Å². The average molecular weight is 986 g/mol. The van der Waals surface area contributed by atoms with Gasteiger partial charge in [0.05, 0.1) is 22.8 Å². The average Bonchev–Trinajstić information content (AvgIpc) is 3.80. The zero-order valence-electron chi connectivity index (χ0n) is 43.4. The van der Waals surface area contributed by atoms with E-state index in [0.717, 1.165) is 117 Å². The van der Waals surface area contributed by atoms with E-state index in [9.17, 15) is 0 Å². The summed E-state index contributed by atoms with van der Waals surface area (Å²) in [5.74, 6) is 0. The second-order valence-corrected chi connectivity index (χ2v) is 19.3. The Kier molecular flexibility index (Phi) is 13.1. The molecule has 0 atom stereocenters. The van der Waals surface area contributed by atoms with Gasteiger partial charge >= 0.3 is 0 Å². The molecule has 0 saturated heterocycles. The molecule has 366 valence electrons. The van der Waals surface area contributed by atoms with E-state index >= 15 is 0 Å². The van der Waals surface area contributed by atoms with E-state index in [0.29, 0.717) is 0 Å². The lowest BCUT2D eigenvalue weighted by Crippen LogP contribution is -2.28. The molecule has 0 saturated carbocycles. The maximum Gasteiger partial charge on any atom is 0.0697 e. The summed E-state index contributed by atoms with van der Waals surface area (Å²) in [5.41, 5.74) is 25.8. The summed E-state index contributed by atoms with van der Waals surface area (Å²) >= 11 is 0. The Morgan fingerprint density at radius 3 is 1.88 bits per heavy atom. The fraction of sp³-hybridized carbons (Fsp3) is 0.0405. The van der Waals surface area contributed by atoms with Crippen LogP contribution in [0.4, 0.5) is 28.4 Å². The molecule has 1 aliphatic carbocycles. The first-order valence-electron chi connectivity index (χ1n) is 26.2. The molecule has 0 amide bonds. The number of hydrogen-bond acceptors (Lipinski definition) is 3. The van der Waals surface area contributed by atoms with Gasteiger partial charge in [-0.15, -0.1) is 5.73 Å². The van der Waals surface area contributed by atoms with Crippen molar-refractivity contribution in [2.75, 3.05) is 15.1 Å². The van der Waals surface area contributed by atoms with Gasteiger partial charge < -0.3 is 15.1 Å². The van der Waals surface area contributed by atoms with E-state index in [1.165, 1.54) is 16.3 Å². The molecule has 0 aromatic heterocycles. The molecule has 0 spiro atoms. The van der Waals surface area contributed by atoms with Crippen molar-refractivity contribution in [3.63, 3.8) is 0 Å². The molecule has 1 aliphatic heterocycles. The third-order valence-corrected chi connectivity index (χ3v) is 14.7. The molecule has 2 aliphatic rings. The second kappa shape index (κ2) is 21.0. The van der Waals surface area contributed by atoms with Gasteiger partial charge in [-0.3, -0.25) is 0 Å². The number of para-hydroxylation sites is 1. The molecular weight excluding hydrogens is 931 g/mol. The van der Waals surface area contributed by atoms with Crippen LogP contribution in [0.15, 0.2) is 273 Å². The standard InChI is InChI=1S/C74H55N3/c1-5-24-53(6-2)52(4)76(61-31-18-10-19-32-61)70-45-41-59(47-51(70)3)63-35-22-23-36-64(63)60-39-44-67-68(48-60)74(57-29-16-9-17-30-57)66-43-38-54(37-42-65(66)73(67)56-27-14-8-15-28-56)58-40-46-71-69(49-58)75-50-72(55-25-12-7-13-26-55)77(71)62-33-20-11-21-34-62/h5-9,11-18,20-41,43-50,75H,4H2,1-3H3/b24-5-,53-6+. The number of anilines is 5. The highest BCUT2D eigenvalue weighted by atomic mass is 15.2. The number of nitrogens with one attached hydrogen (secondary N) is 1. The van der Waals surface area contributed by atoms with E-state index in [-0.39, 0.29) is 0 Å². The van der Waals surface area contributed by atoms with Crippen LogP contribution in [0, 0.1) is 19.1 Å². The van der Waals surface area contributed by atoms with E-state index in [4.69, 9.17) is 0 Å². The Bertz CT molecular complexity index is 4180. The molecule has 10 aromatic carbocycles. The molecule has 3 nitrogen and oxygen atoms in total. The Morgan fingerprint density at radius 2 is 1.22 bits per heavy atom. The maximum atomic E-state index is 4.60. The number of fused-ring (bicyclic) bond motifs is 3. The Hall–Kier alpha value is -10.1. The highest BCUT2D eigenvalue weighted by molar-refractivity contribution is 6.08. The van der Waals surface area contributed by atoms with Crippen molar-refractivity contribution in [2.45, 2.75) is 20.8 Å². The zero-order valence-corrected chi connectivity index (χ0v) is 43.4. The molecule has 0 bridgehead atoms. The normalized spacial score (nSPS) is 12.8. The van der Waals surface area contributed by atoms with Gasteiger partial charge in [0.25, 0.3) is 0 Å². The third-order valence-electron chi connectivity index (χ3n) is 14.7. The lowest BCUT2D eigenvalue weighted by Gasteiger charge is -2.33. The molecule has 0 fully saturated rings. The van der Waals surface area contributed by atoms with Crippen molar-refractivity contribution in [3.8, 4) is 44.5 Å². The van der Waals surface area contributed by atoms with Crippen molar-refractivity contribution in [1.82, 2.24) is 0 Å². The summed E-state index contributed by atoms with van der Waals surface area (Å²) < 4.78 is 0. The number of hydrogen-bond donors (Lipinski definition) is 1.